The zero-order valence-electron chi connectivity index (χ0n) is 14.6. The molecule has 0 radical (unpaired) electrons. The number of aryl methyl sites for hydroxylation is 3. The molecule has 0 aliphatic rings. The Labute approximate surface area is 142 Å². The van der Waals surface area contributed by atoms with E-state index in [2.05, 4.69) is 58.7 Å². The number of nitrogens with zero attached hydrogens (tertiary/aromatic N) is 4. The summed E-state index contributed by atoms with van der Waals surface area (Å²) in [6.45, 7) is 8.27. The van der Waals surface area contributed by atoms with E-state index >= 15 is 0 Å². The van der Waals surface area contributed by atoms with E-state index in [0.717, 1.165) is 29.4 Å². The average molecular weight is 321 g/mol. The SMILES string of the molecule is CCc1ccc(C(C)Nc2ccc(-n3nc(C)cc3C)nn2)cc1. The van der Waals surface area contributed by atoms with Crippen LogP contribution in [0.4, 0.5) is 5.82 Å². The maximum atomic E-state index is 4.43. The van der Waals surface area contributed by atoms with Gasteiger partial charge in [-0.15, -0.1) is 10.2 Å². The molecule has 2 heterocycles. The molecule has 0 spiro atoms. The first-order chi connectivity index (χ1) is 11.6. The monoisotopic (exact) mass is 321 g/mol. The van der Waals surface area contributed by atoms with E-state index in [9.17, 15) is 0 Å². The van der Waals surface area contributed by atoms with Crippen LogP contribution in [0.15, 0.2) is 42.5 Å². The zero-order valence-corrected chi connectivity index (χ0v) is 14.6. The van der Waals surface area contributed by atoms with Gasteiger partial charge in [-0.05, 0) is 56.5 Å². The zero-order chi connectivity index (χ0) is 17.1. The highest BCUT2D eigenvalue weighted by molar-refractivity contribution is 5.40. The van der Waals surface area contributed by atoms with Gasteiger partial charge in [0.15, 0.2) is 5.82 Å². The van der Waals surface area contributed by atoms with E-state index in [1.54, 1.807) is 4.68 Å². The van der Waals surface area contributed by atoms with Crippen LogP contribution >= 0.6 is 0 Å². The van der Waals surface area contributed by atoms with Crippen molar-refractivity contribution in [1.29, 1.82) is 0 Å². The highest BCUT2D eigenvalue weighted by atomic mass is 15.4. The molecule has 0 aliphatic heterocycles. The molecule has 5 nitrogen and oxygen atoms in total. The summed E-state index contributed by atoms with van der Waals surface area (Å²) < 4.78 is 1.80. The van der Waals surface area contributed by atoms with Crippen LogP contribution in [0.1, 0.15) is 42.4 Å². The summed E-state index contributed by atoms with van der Waals surface area (Å²) in [6.07, 6.45) is 1.06. The van der Waals surface area contributed by atoms with Gasteiger partial charge in [0.25, 0.3) is 0 Å². The number of aromatic nitrogens is 4. The molecule has 1 atom stereocenters. The quantitative estimate of drug-likeness (QED) is 0.771. The van der Waals surface area contributed by atoms with Gasteiger partial charge in [0.2, 0.25) is 0 Å². The lowest BCUT2D eigenvalue weighted by molar-refractivity contribution is 0.777. The molecule has 0 saturated heterocycles. The molecule has 0 bridgehead atoms. The first-order valence-corrected chi connectivity index (χ1v) is 8.29. The average Bonchev–Trinajstić information content (AvgIpc) is 2.94. The van der Waals surface area contributed by atoms with Gasteiger partial charge in [-0.2, -0.15) is 5.10 Å². The van der Waals surface area contributed by atoms with Crippen molar-refractivity contribution < 1.29 is 0 Å². The van der Waals surface area contributed by atoms with E-state index in [4.69, 9.17) is 0 Å². The molecule has 5 heteroatoms. The first kappa shape index (κ1) is 16.2. The lowest BCUT2D eigenvalue weighted by Crippen LogP contribution is -2.10. The van der Waals surface area contributed by atoms with E-state index < -0.39 is 0 Å². The smallest absolute Gasteiger partial charge is 0.176 e. The van der Waals surface area contributed by atoms with Crippen LogP contribution in [0.3, 0.4) is 0 Å². The van der Waals surface area contributed by atoms with Gasteiger partial charge in [0.1, 0.15) is 5.82 Å². The first-order valence-electron chi connectivity index (χ1n) is 8.29. The maximum absolute atomic E-state index is 4.43. The number of benzene rings is 1. The summed E-state index contributed by atoms with van der Waals surface area (Å²) in [5.41, 5.74) is 4.60. The van der Waals surface area contributed by atoms with Gasteiger partial charge in [-0.1, -0.05) is 31.2 Å². The topological polar surface area (TPSA) is 55.6 Å². The van der Waals surface area contributed by atoms with Crippen molar-refractivity contribution in [3.8, 4) is 5.82 Å². The molecule has 0 saturated carbocycles. The van der Waals surface area contributed by atoms with E-state index in [0.29, 0.717) is 0 Å². The Hall–Kier alpha value is -2.69. The predicted octanol–water partition coefficient (Wildman–Crippen LogP) is 4.01. The summed E-state index contributed by atoms with van der Waals surface area (Å²) in [4.78, 5) is 0. The van der Waals surface area contributed by atoms with Crippen molar-refractivity contribution >= 4 is 5.82 Å². The highest BCUT2D eigenvalue weighted by Crippen LogP contribution is 2.19. The van der Waals surface area contributed by atoms with Crippen molar-refractivity contribution in [2.24, 2.45) is 0 Å². The van der Waals surface area contributed by atoms with Crippen LogP contribution in [0.25, 0.3) is 5.82 Å². The molecule has 1 aromatic carbocycles. The minimum atomic E-state index is 0.171. The third-order valence-electron chi connectivity index (χ3n) is 4.13. The summed E-state index contributed by atoms with van der Waals surface area (Å²) in [5, 5.41) is 16.4. The third kappa shape index (κ3) is 3.45. The molecule has 1 N–H and O–H groups in total. The Morgan fingerprint density at radius 1 is 1.04 bits per heavy atom. The molecule has 3 aromatic rings. The van der Waals surface area contributed by atoms with Crippen molar-refractivity contribution in [2.75, 3.05) is 5.32 Å². The lowest BCUT2D eigenvalue weighted by atomic mass is 10.1. The van der Waals surface area contributed by atoms with Crippen molar-refractivity contribution in [3.05, 3.63) is 65.0 Å². The molecule has 3 rings (SSSR count). The molecular formula is C19H23N5. The van der Waals surface area contributed by atoms with E-state index in [1.807, 2.05) is 32.0 Å². The Balaban J connectivity index is 1.72. The van der Waals surface area contributed by atoms with Gasteiger partial charge in [-0.25, -0.2) is 4.68 Å². The summed E-state index contributed by atoms with van der Waals surface area (Å²) in [6, 6.07) is 14.7. The molecular weight excluding hydrogens is 298 g/mol. The molecule has 124 valence electrons. The Morgan fingerprint density at radius 2 is 1.79 bits per heavy atom. The number of hydrogen-bond acceptors (Lipinski definition) is 4. The lowest BCUT2D eigenvalue weighted by Gasteiger charge is -2.15. The number of hydrogen-bond donors (Lipinski definition) is 1. The van der Waals surface area contributed by atoms with Crippen LogP contribution in [0.5, 0.6) is 0 Å². The number of nitrogens with one attached hydrogen (secondary N) is 1. The number of rotatable bonds is 5. The minimum absolute atomic E-state index is 0.171. The molecule has 0 amide bonds. The standard InChI is InChI=1S/C19H23N5/c1-5-16-6-8-17(9-7-16)15(4)20-18-10-11-19(22-21-18)24-14(3)12-13(2)23-24/h6-12,15H,5H2,1-4H3,(H,20,21). The molecule has 2 aromatic heterocycles. The molecule has 0 aliphatic carbocycles. The fourth-order valence-electron chi connectivity index (χ4n) is 2.72. The van der Waals surface area contributed by atoms with Crippen LogP contribution in [-0.2, 0) is 6.42 Å². The highest BCUT2D eigenvalue weighted by Gasteiger charge is 2.09. The normalized spacial score (nSPS) is 12.2. The third-order valence-corrected chi connectivity index (χ3v) is 4.13. The van der Waals surface area contributed by atoms with Crippen LogP contribution in [0.2, 0.25) is 0 Å². The van der Waals surface area contributed by atoms with Crippen molar-refractivity contribution in [2.45, 2.75) is 40.2 Å². The Bertz CT molecular complexity index is 803. The fourth-order valence-corrected chi connectivity index (χ4v) is 2.72. The summed E-state index contributed by atoms with van der Waals surface area (Å²) in [7, 11) is 0. The van der Waals surface area contributed by atoms with Crippen molar-refractivity contribution in [1.82, 2.24) is 20.0 Å². The van der Waals surface area contributed by atoms with Gasteiger partial charge in [-0.3, -0.25) is 0 Å². The molecule has 0 fully saturated rings. The van der Waals surface area contributed by atoms with Crippen molar-refractivity contribution in [3.63, 3.8) is 0 Å². The van der Waals surface area contributed by atoms with Gasteiger partial charge in [0.05, 0.1) is 5.69 Å². The second-order valence-electron chi connectivity index (χ2n) is 6.08. The second kappa shape index (κ2) is 6.83. The van der Waals surface area contributed by atoms with E-state index in [1.165, 1.54) is 11.1 Å². The largest absolute Gasteiger partial charge is 0.362 e. The van der Waals surface area contributed by atoms with Gasteiger partial charge >= 0.3 is 0 Å². The number of anilines is 1. The van der Waals surface area contributed by atoms with Gasteiger partial charge < -0.3 is 5.32 Å². The van der Waals surface area contributed by atoms with Crippen LogP contribution < -0.4 is 5.32 Å². The van der Waals surface area contributed by atoms with Crippen LogP contribution in [0, 0.1) is 13.8 Å². The maximum Gasteiger partial charge on any atom is 0.176 e. The van der Waals surface area contributed by atoms with Gasteiger partial charge in [0, 0.05) is 11.7 Å². The summed E-state index contributed by atoms with van der Waals surface area (Å²) >= 11 is 0. The minimum Gasteiger partial charge on any atom is -0.362 e. The Kier molecular flexibility index (Phi) is 4.60. The fraction of sp³-hybridized carbons (Fsp3) is 0.316. The van der Waals surface area contributed by atoms with E-state index in [-0.39, 0.29) is 6.04 Å². The predicted molar refractivity (Wildman–Crippen MR) is 96.5 cm³/mol. The summed E-state index contributed by atoms with van der Waals surface area (Å²) in [5.74, 6) is 1.48. The Morgan fingerprint density at radius 3 is 2.33 bits per heavy atom. The molecule has 24 heavy (non-hydrogen) atoms. The molecule has 1 unspecified atom stereocenters. The second-order valence-corrected chi connectivity index (χ2v) is 6.08. The van der Waals surface area contributed by atoms with Crippen LogP contribution in [-0.4, -0.2) is 20.0 Å².